The van der Waals surface area contributed by atoms with Crippen LogP contribution in [0.15, 0.2) is 59.6 Å². The molecule has 0 aliphatic heterocycles. The lowest BCUT2D eigenvalue weighted by atomic mass is 9.96. The highest BCUT2D eigenvalue weighted by Gasteiger charge is 2.12. The average molecular weight is 438 g/mol. The second-order valence-electron chi connectivity index (χ2n) is 8.37. The maximum absolute atomic E-state index is 12.2. The second kappa shape index (κ2) is 13.2. The first-order valence-electron chi connectivity index (χ1n) is 10.8. The van der Waals surface area contributed by atoms with E-state index in [4.69, 9.17) is 0 Å². The van der Waals surface area contributed by atoms with E-state index in [1.54, 1.807) is 55.5 Å². The van der Waals surface area contributed by atoms with E-state index < -0.39 is 11.9 Å². The Hall–Kier alpha value is -3.28. The molecule has 0 fully saturated rings. The van der Waals surface area contributed by atoms with Crippen molar-refractivity contribution in [2.75, 3.05) is 0 Å². The van der Waals surface area contributed by atoms with Crippen LogP contribution in [0, 0.1) is 0 Å². The number of ketones is 1. The van der Waals surface area contributed by atoms with Crippen molar-refractivity contribution in [3.05, 3.63) is 71.3 Å². The predicted octanol–water partition coefficient (Wildman–Crippen LogP) is 2.08. The van der Waals surface area contributed by atoms with Crippen LogP contribution in [0.4, 0.5) is 0 Å². The standard InChI is InChI=1S/C16H14O3.C10H21N3/c1-11(16(18)19)13-8-5-9-14(10-13)15(17)12-6-3-2-4-7-12;1-7(2)11-10(12-8(3)4)13-9(5)6/h2-11H,1H3,(H,18,19);7-8H,1-6H3,(H,11,12). The summed E-state index contributed by atoms with van der Waals surface area (Å²) in [7, 11) is 0. The van der Waals surface area contributed by atoms with Gasteiger partial charge in [0.2, 0.25) is 0 Å². The molecule has 0 aliphatic rings. The van der Waals surface area contributed by atoms with Crippen molar-refractivity contribution in [1.82, 2.24) is 5.32 Å². The molecule has 1 atom stereocenters. The molecule has 0 amide bonds. The molecule has 32 heavy (non-hydrogen) atoms. The zero-order valence-electron chi connectivity index (χ0n) is 20.1. The zero-order valence-corrected chi connectivity index (χ0v) is 20.1. The molecule has 0 radical (unpaired) electrons. The Bertz CT molecular complexity index is 944. The molecular weight excluding hydrogens is 402 g/mol. The highest BCUT2D eigenvalue weighted by Crippen LogP contribution is 2.18. The van der Waals surface area contributed by atoms with Crippen LogP contribution in [-0.2, 0) is 4.79 Å². The number of nitrogens with one attached hydrogen (secondary N) is 2. The minimum absolute atomic E-state index is 0.118. The molecule has 2 N–H and O–H groups in total. The summed E-state index contributed by atoms with van der Waals surface area (Å²) in [5, 5.41) is 14.1. The van der Waals surface area contributed by atoms with Gasteiger partial charge in [0.15, 0.2) is 5.78 Å². The number of aliphatic carboxylic acids is 1. The van der Waals surface area contributed by atoms with Gasteiger partial charge in [0.05, 0.1) is 17.8 Å². The third-order valence-corrected chi connectivity index (χ3v) is 4.22. The minimum Gasteiger partial charge on any atom is -0.550 e. The number of carboxylic acid groups (broad SMARTS) is 1. The van der Waals surface area contributed by atoms with E-state index in [-0.39, 0.29) is 5.78 Å². The Morgan fingerprint density at radius 1 is 0.906 bits per heavy atom. The van der Waals surface area contributed by atoms with Gasteiger partial charge in [0.25, 0.3) is 0 Å². The second-order valence-corrected chi connectivity index (χ2v) is 8.37. The van der Waals surface area contributed by atoms with Gasteiger partial charge < -0.3 is 9.90 Å². The molecule has 0 spiro atoms. The van der Waals surface area contributed by atoms with Gasteiger partial charge in [-0.2, -0.15) is 0 Å². The molecule has 0 saturated heterocycles. The van der Waals surface area contributed by atoms with Crippen LogP contribution in [-0.4, -0.2) is 35.5 Å². The first kappa shape index (κ1) is 26.8. The lowest BCUT2D eigenvalue weighted by Gasteiger charge is -2.13. The molecule has 6 nitrogen and oxygen atoms in total. The summed E-state index contributed by atoms with van der Waals surface area (Å²) in [6.45, 7) is 13.9. The largest absolute Gasteiger partial charge is 0.550 e. The molecule has 172 valence electrons. The van der Waals surface area contributed by atoms with Crippen LogP contribution in [0.3, 0.4) is 0 Å². The fourth-order valence-electron chi connectivity index (χ4n) is 2.72. The van der Waals surface area contributed by atoms with Crippen LogP contribution in [0.5, 0.6) is 0 Å². The highest BCUT2D eigenvalue weighted by atomic mass is 16.4. The number of carbonyl (C=O) groups is 2. The molecule has 0 heterocycles. The summed E-state index contributed by atoms with van der Waals surface area (Å²) in [5.41, 5.74) is 2.69. The number of carbonyl (C=O) groups excluding carboxylic acids is 2. The number of rotatable bonds is 6. The Labute approximate surface area is 191 Å². The highest BCUT2D eigenvalue weighted by molar-refractivity contribution is 6.09. The van der Waals surface area contributed by atoms with Crippen molar-refractivity contribution in [3.63, 3.8) is 0 Å². The molecule has 0 aromatic heterocycles. The molecule has 0 aliphatic carbocycles. The van der Waals surface area contributed by atoms with Crippen molar-refractivity contribution in [1.29, 1.82) is 0 Å². The maximum atomic E-state index is 12.2. The predicted molar refractivity (Wildman–Crippen MR) is 128 cm³/mol. The molecule has 2 rings (SSSR count). The van der Waals surface area contributed by atoms with Gasteiger partial charge in [-0.25, -0.2) is 0 Å². The quantitative estimate of drug-likeness (QED) is 0.411. The van der Waals surface area contributed by atoms with Crippen LogP contribution >= 0.6 is 0 Å². The van der Waals surface area contributed by atoms with E-state index in [0.717, 1.165) is 11.7 Å². The van der Waals surface area contributed by atoms with Gasteiger partial charge in [-0.3, -0.25) is 15.1 Å². The number of nitrogens with zero attached hydrogens (tertiary/aromatic N) is 1. The van der Waals surface area contributed by atoms with Gasteiger partial charge in [0.1, 0.15) is 0 Å². The summed E-state index contributed by atoms with van der Waals surface area (Å²) in [6.07, 6.45) is 0. The summed E-state index contributed by atoms with van der Waals surface area (Å²) < 4.78 is 0. The van der Waals surface area contributed by atoms with Gasteiger partial charge >= 0.3 is 5.96 Å². The molecule has 0 saturated carbocycles. The van der Waals surface area contributed by atoms with Crippen LogP contribution in [0.2, 0.25) is 0 Å². The summed E-state index contributed by atoms with van der Waals surface area (Å²) in [5.74, 6) is -1.13. The normalized spacial score (nSPS) is 12.0. The Kier molecular flexibility index (Phi) is 11.0. The van der Waals surface area contributed by atoms with Crippen LogP contribution < -0.4 is 15.4 Å². The zero-order chi connectivity index (χ0) is 24.3. The number of aliphatic imine (C=N–C) groups is 1. The van der Waals surface area contributed by atoms with Crippen molar-refractivity contribution in [3.8, 4) is 0 Å². The molecule has 1 unspecified atom stereocenters. The Morgan fingerprint density at radius 2 is 1.50 bits per heavy atom. The Morgan fingerprint density at radius 3 is 2.00 bits per heavy atom. The van der Waals surface area contributed by atoms with E-state index in [1.807, 2.05) is 19.9 Å². The number of hydrogen-bond donors (Lipinski definition) is 2. The van der Waals surface area contributed by atoms with Crippen molar-refractivity contribution in [2.45, 2.75) is 66.5 Å². The Balaban J connectivity index is 0.000000347. The first-order valence-corrected chi connectivity index (χ1v) is 10.8. The first-order chi connectivity index (χ1) is 15.0. The van der Waals surface area contributed by atoms with E-state index in [2.05, 4.69) is 43.0 Å². The van der Waals surface area contributed by atoms with E-state index in [1.165, 1.54) is 0 Å². The van der Waals surface area contributed by atoms with Gasteiger partial charge in [-0.05, 0) is 53.2 Å². The molecule has 0 bridgehead atoms. The average Bonchev–Trinajstić information content (AvgIpc) is 2.72. The number of hydrogen-bond acceptors (Lipinski definition) is 3. The molecule has 2 aromatic carbocycles. The van der Waals surface area contributed by atoms with E-state index >= 15 is 0 Å². The smallest absolute Gasteiger partial charge is 0.384 e. The maximum Gasteiger partial charge on any atom is 0.384 e. The van der Waals surface area contributed by atoms with Gasteiger partial charge in [0, 0.05) is 23.0 Å². The number of benzene rings is 2. The fraction of sp³-hybridized carbons (Fsp3) is 0.385. The summed E-state index contributed by atoms with van der Waals surface area (Å²) in [4.78, 5) is 30.7. The van der Waals surface area contributed by atoms with Gasteiger partial charge in [-0.15, -0.1) is 0 Å². The topological polar surface area (TPSA) is 95.6 Å². The summed E-state index contributed by atoms with van der Waals surface area (Å²) >= 11 is 0. The summed E-state index contributed by atoms with van der Waals surface area (Å²) in [6, 6.07) is 16.4. The lowest BCUT2D eigenvalue weighted by molar-refractivity contribution is -0.496. The fourth-order valence-corrected chi connectivity index (χ4v) is 2.72. The van der Waals surface area contributed by atoms with Gasteiger partial charge in [-0.1, -0.05) is 60.4 Å². The van der Waals surface area contributed by atoms with Crippen molar-refractivity contribution >= 4 is 23.4 Å². The monoisotopic (exact) mass is 437 g/mol. The van der Waals surface area contributed by atoms with Crippen molar-refractivity contribution < 1.29 is 19.7 Å². The third kappa shape index (κ3) is 9.69. The molecule has 6 heteroatoms. The molecule has 2 aromatic rings. The SMILES string of the molecule is CC(C(=O)[O-])c1cccc(C(=O)c2ccccc2)c1.CC(C)=NC(NC(C)C)=[NH+]C(C)C. The number of guanidine groups is 1. The third-order valence-electron chi connectivity index (χ3n) is 4.22. The van der Waals surface area contributed by atoms with Crippen molar-refractivity contribution in [2.24, 2.45) is 4.99 Å². The van der Waals surface area contributed by atoms with Crippen LogP contribution in [0.25, 0.3) is 0 Å². The number of carboxylic acids is 1. The lowest BCUT2D eigenvalue weighted by Crippen LogP contribution is -2.80. The minimum atomic E-state index is -1.15. The van der Waals surface area contributed by atoms with Crippen LogP contribution in [0.1, 0.15) is 75.9 Å². The molecular formula is C26H35N3O3. The van der Waals surface area contributed by atoms with E-state index in [9.17, 15) is 14.7 Å². The van der Waals surface area contributed by atoms with E-state index in [0.29, 0.717) is 28.8 Å².